The highest BCUT2D eigenvalue weighted by molar-refractivity contribution is 7.85. The van der Waals surface area contributed by atoms with E-state index in [1.165, 1.54) is 0 Å². The molecule has 1 N–H and O–H groups in total. The van der Waals surface area contributed by atoms with E-state index in [9.17, 15) is 9.32 Å². The zero-order chi connectivity index (χ0) is 11.5. The van der Waals surface area contributed by atoms with Crippen molar-refractivity contribution in [3.63, 3.8) is 0 Å². The summed E-state index contributed by atoms with van der Waals surface area (Å²) in [5.41, 5.74) is 1.84. The molecule has 16 heavy (non-hydrogen) atoms. The summed E-state index contributed by atoms with van der Waals surface area (Å²) in [6, 6.07) is 5.48. The highest BCUT2D eigenvalue weighted by Crippen LogP contribution is 2.26. The third kappa shape index (κ3) is 2.56. The summed E-state index contributed by atoms with van der Waals surface area (Å²) in [5, 5.41) is 9.93. The molecule has 0 amide bonds. The number of benzene rings is 1. The molecule has 1 heterocycles. The molecule has 1 aromatic carbocycles. The van der Waals surface area contributed by atoms with Gasteiger partial charge in [-0.15, -0.1) is 0 Å². The second-order valence-electron chi connectivity index (χ2n) is 3.77. The first kappa shape index (κ1) is 11.9. The number of rotatable bonds is 2. The highest BCUT2D eigenvalue weighted by Gasteiger charge is 2.17. The maximum absolute atomic E-state index is 11.3. The SMILES string of the molecule is O=S1CCN(c2cc(Cl)ccc2CO)CC1. The predicted octanol–water partition coefficient (Wildman–Crippen LogP) is 1.40. The Hall–Kier alpha value is -0.580. The van der Waals surface area contributed by atoms with Gasteiger partial charge in [0.1, 0.15) is 0 Å². The van der Waals surface area contributed by atoms with Gasteiger partial charge in [-0.3, -0.25) is 4.21 Å². The van der Waals surface area contributed by atoms with Gasteiger partial charge in [0, 0.05) is 51.7 Å². The molecule has 1 fully saturated rings. The fourth-order valence-corrected chi connectivity index (χ4v) is 3.06. The van der Waals surface area contributed by atoms with Crippen LogP contribution in [0.25, 0.3) is 0 Å². The Morgan fingerprint density at radius 1 is 1.38 bits per heavy atom. The molecule has 1 aliphatic heterocycles. The molecule has 88 valence electrons. The van der Waals surface area contributed by atoms with Gasteiger partial charge in [-0.05, 0) is 12.1 Å². The lowest BCUT2D eigenvalue weighted by molar-refractivity contribution is 0.282. The average Bonchev–Trinajstić information content (AvgIpc) is 2.30. The van der Waals surface area contributed by atoms with Gasteiger partial charge >= 0.3 is 0 Å². The van der Waals surface area contributed by atoms with Crippen LogP contribution in [0.15, 0.2) is 18.2 Å². The minimum atomic E-state index is -0.686. The predicted molar refractivity (Wildman–Crippen MR) is 67.5 cm³/mol. The zero-order valence-corrected chi connectivity index (χ0v) is 10.4. The topological polar surface area (TPSA) is 40.5 Å². The molecule has 0 spiro atoms. The van der Waals surface area contributed by atoms with Crippen LogP contribution >= 0.6 is 11.6 Å². The Balaban J connectivity index is 2.24. The summed E-state index contributed by atoms with van der Waals surface area (Å²) in [6.45, 7) is 1.53. The lowest BCUT2D eigenvalue weighted by Gasteiger charge is -2.30. The van der Waals surface area contributed by atoms with Gasteiger partial charge in [0.25, 0.3) is 0 Å². The molecule has 0 unspecified atom stereocenters. The van der Waals surface area contributed by atoms with Crippen LogP contribution in [0, 0.1) is 0 Å². The van der Waals surface area contributed by atoms with E-state index in [4.69, 9.17) is 11.6 Å². The summed E-state index contributed by atoms with van der Waals surface area (Å²) >= 11 is 5.95. The Labute approximate surface area is 102 Å². The summed E-state index contributed by atoms with van der Waals surface area (Å²) in [4.78, 5) is 2.14. The molecular weight excluding hydrogens is 246 g/mol. The molecule has 0 aliphatic carbocycles. The Morgan fingerprint density at radius 2 is 2.06 bits per heavy atom. The monoisotopic (exact) mass is 259 g/mol. The first-order chi connectivity index (χ1) is 7.70. The Morgan fingerprint density at radius 3 is 2.69 bits per heavy atom. The van der Waals surface area contributed by atoms with Crippen molar-refractivity contribution < 1.29 is 9.32 Å². The molecule has 0 radical (unpaired) electrons. The van der Waals surface area contributed by atoms with Gasteiger partial charge in [-0.25, -0.2) is 0 Å². The van der Waals surface area contributed by atoms with Gasteiger partial charge < -0.3 is 10.0 Å². The Bertz CT molecular complexity index is 401. The third-order valence-electron chi connectivity index (χ3n) is 2.74. The van der Waals surface area contributed by atoms with Crippen LogP contribution in [0.1, 0.15) is 5.56 Å². The van der Waals surface area contributed by atoms with Crippen molar-refractivity contribution in [2.75, 3.05) is 29.5 Å². The molecule has 5 heteroatoms. The van der Waals surface area contributed by atoms with E-state index in [0.717, 1.165) is 24.3 Å². The standard InChI is InChI=1S/C11H14ClNO2S/c12-10-2-1-9(8-14)11(7-10)13-3-5-16(15)6-4-13/h1-2,7,14H,3-6,8H2. The second kappa shape index (κ2) is 5.17. The van der Waals surface area contributed by atoms with E-state index < -0.39 is 10.8 Å². The van der Waals surface area contributed by atoms with E-state index in [2.05, 4.69) is 4.90 Å². The second-order valence-corrected chi connectivity index (χ2v) is 5.90. The largest absolute Gasteiger partial charge is 0.392 e. The third-order valence-corrected chi connectivity index (χ3v) is 4.25. The maximum atomic E-state index is 11.3. The average molecular weight is 260 g/mol. The fourth-order valence-electron chi connectivity index (χ4n) is 1.84. The van der Waals surface area contributed by atoms with Crippen molar-refractivity contribution >= 4 is 28.1 Å². The number of aliphatic hydroxyl groups excluding tert-OH is 1. The van der Waals surface area contributed by atoms with Crippen LogP contribution in [0.2, 0.25) is 5.02 Å². The summed E-state index contributed by atoms with van der Waals surface area (Å²) in [6.07, 6.45) is 0. The molecule has 2 rings (SSSR count). The van der Waals surface area contributed by atoms with Crippen molar-refractivity contribution in [1.29, 1.82) is 0 Å². The fraction of sp³-hybridized carbons (Fsp3) is 0.455. The van der Waals surface area contributed by atoms with E-state index in [0.29, 0.717) is 16.5 Å². The van der Waals surface area contributed by atoms with Crippen LogP contribution in [0.4, 0.5) is 5.69 Å². The van der Waals surface area contributed by atoms with Gasteiger partial charge in [-0.1, -0.05) is 17.7 Å². The van der Waals surface area contributed by atoms with Crippen molar-refractivity contribution in [1.82, 2.24) is 0 Å². The zero-order valence-electron chi connectivity index (χ0n) is 8.86. The van der Waals surface area contributed by atoms with Gasteiger partial charge in [0.2, 0.25) is 0 Å². The van der Waals surface area contributed by atoms with Crippen molar-refractivity contribution in [3.05, 3.63) is 28.8 Å². The van der Waals surface area contributed by atoms with E-state index >= 15 is 0 Å². The van der Waals surface area contributed by atoms with Crippen LogP contribution in [0.3, 0.4) is 0 Å². The van der Waals surface area contributed by atoms with Crippen molar-refractivity contribution in [2.24, 2.45) is 0 Å². The first-order valence-corrected chi connectivity index (χ1v) is 7.06. The lowest BCUT2D eigenvalue weighted by atomic mass is 10.1. The maximum Gasteiger partial charge on any atom is 0.0702 e. The lowest BCUT2D eigenvalue weighted by Crippen LogP contribution is -2.38. The smallest absolute Gasteiger partial charge is 0.0702 e. The van der Waals surface area contributed by atoms with Crippen molar-refractivity contribution in [2.45, 2.75) is 6.61 Å². The Kier molecular flexibility index (Phi) is 3.84. The van der Waals surface area contributed by atoms with Crippen LogP contribution < -0.4 is 4.90 Å². The van der Waals surface area contributed by atoms with Crippen molar-refractivity contribution in [3.8, 4) is 0 Å². The number of halogens is 1. The minimum absolute atomic E-state index is 0.00604. The molecule has 0 atom stereocenters. The number of hydrogen-bond donors (Lipinski definition) is 1. The van der Waals surface area contributed by atoms with E-state index in [1.807, 2.05) is 12.1 Å². The quantitative estimate of drug-likeness (QED) is 0.873. The van der Waals surface area contributed by atoms with Gasteiger partial charge in [-0.2, -0.15) is 0 Å². The molecule has 0 aromatic heterocycles. The normalized spacial score (nSPS) is 17.8. The van der Waals surface area contributed by atoms with E-state index in [1.54, 1.807) is 6.07 Å². The number of anilines is 1. The van der Waals surface area contributed by atoms with Crippen LogP contribution in [-0.4, -0.2) is 33.9 Å². The highest BCUT2D eigenvalue weighted by atomic mass is 35.5. The molecule has 1 saturated heterocycles. The summed E-state index contributed by atoms with van der Waals surface area (Å²) in [7, 11) is -0.686. The number of hydrogen-bond acceptors (Lipinski definition) is 3. The molecule has 3 nitrogen and oxygen atoms in total. The van der Waals surface area contributed by atoms with Gasteiger partial charge in [0.15, 0.2) is 0 Å². The summed E-state index contributed by atoms with van der Waals surface area (Å²) in [5.74, 6) is 1.38. The molecule has 1 aliphatic rings. The molecular formula is C11H14ClNO2S. The van der Waals surface area contributed by atoms with Gasteiger partial charge in [0.05, 0.1) is 6.61 Å². The number of aliphatic hydroxyl groups is 1. The number of nitrogens with zero attached hydrogens (tertiary/aromatic N) is 1. The van der Waals surface area contributed by atoms with E-state index in [-0.39, 0.29) is 6.61 Å². The summed E-state index contributed by atoms with van der Waals surface area (Å²) < 4.78 is 11.3. The molecule has 0 bridgehead atoms. The van der Waals surface area contributed by atoms with Crippen LogP contribution in [0.5, 0.6) is 0 Å². The first-order valence-electron chi connectivity index (χ1n) is 5.20. The minimum Gasteiger partial charge on any atom is -0.392 e. The molecule has 0 saturated carbocycles. The van der Waals surface area contributed by atoms with Crippen LogP contribution in [-0.2, 0) is 17.4 Å². The molecule has 1 aromatic rings.